The van der Waals surface area contributed by atoms with Crippen LogP contribution in [0, 0.1) is 0 Å². The maximum Gasteiger partial charge on any atom is 0.322 e. The zero-order chi connectivity index (χ0) is 24.9. The lowest BCUT2D eigenvalue weighted by molar-refractivity contribution is 0.205. The summed E-state index contributed by atoms with van der Waals surface area (Å²) in [6.45, 7) is 6.64. The molecule has 2 aromatic rings. The largest absolute Gasteiger partial charge is 0.497 e. The highest BCUT2D eigenvalue weighted by atomic mass is 16.5. The van der Waals surface area contributed by atoms with Gasteiger partial charge in [-0.05, 0) is 56.5 Å². The molecule has 0 radical (unpaired) electrons. The molecular weight excluding hydrogens is 438 g/mol. The third-order valence-electron chi connectivity index (χ3n) is 6.49. The number of likely N-dealkylation sites (tertiary alicyclic amines) is 1. The van der Waals surface area contributed by atoms with E-state index in [1.165, 1.54) is 36.8 Å². The zero-order valence-electron chi connectivity index (χ0n) is 21.6. The number of unbranched alkanes of at least 4 members (excludes halogenated alkanes) is 2. The van der Waals surface area contributed by atoms with Crippen molar-refractivity contribution in [2.45, 2.75) is 45.4 Å². The molecule has 0 bridgehead atoms. The number of nitrogens with one attached hydrogen (secondary N) is 1. The zero-order valence-corrected chi connectivity index (χ0v) is 21.6. The molecule has 190 valence electrons. The lowest BCUT2D eigenvalue weighted by Gasteiger charge is -2.27. The quantitative estimate of drug-likeness (QED) is 0.343. The minimum absolute atomic E-state index is 0.109. The van der Waals surface area contributed by atoms with Gasteiger partial charge in [-0.25, -0.2) is 4.79 Å². The standard InChI is InChI=1S/C29H41N3O3/c1-4-5-7-14-25(21-24-12-8-6-9-13-24)23-32(20-19-31-17-10-11-18-31)29(33)30-27-16-15-26(34-2)22-28(27)35-3/h6,8-9,12-13,15-16,21-22H,4-5,7,10-11,14,17-20,23H2,1-3H3,(H,30,33). The maximum atomic E-state index is 13.5. The predicted octanol–water partition coefficient (Wildman–Crippen LogP) is 6.30. The summed E-state index contributed by atoms with van der Waals surface area (Å²) in [4.78, 5) is 17.9. The van der Waals surface area contributed by atoms with Gasteiger partial charge in [-0.1, -0.05) is 61.7 Å². The topological polar surface area (TPSA) is 54.0 Å². The normalized spacial score (nSPS) is 14.1. The molecule has 6 nitrogen and oxygen atoms in total. The Labute approximate surface area is 210 Å². The van der Waals surface area contributed by atoms with Crippen LogP contribution in [0.25, 0.3) is 6.08 Å². The SMILES string of the molecule is CCCCCC(=Cc1ccccc1)CN(CCN1CCCC1)C(=O)Nc1ccc(OC)cc1OC. The smallest absolute Gasteiger partial charge is 0.322 e. The van der Waals surface area contributed by atoms with Gasteiger partial charge in [0.2, 0.25) is 0 Å². The van der Waals surface area contributed by atoms with E-state index in [2.05, 4.69) is 47.5 Å². The number of methoxy groups -OCH3 is 2. The molecule has 2 amide bonds. The van der Waals surface area contributed by atoms with Crippen molar-refractivity contribution in [3.05, 3.63) is 59.7 Å². The number of benzene rings is 2. The lowest BCUT2D eigenvalue weighted by atomic mass is 10.0. The minimum Gasteiger partial charge on any atom is -0.497 e. The van der Waals surface area contributed by atoms with E-state index in [1.807, 2.05) is 23.1 Å². The minimum atomic E-state index is -0.109. The molecular formula is C29H41N3O3. The number of ether oxygens (including phenoxy) is 2. The monoisotopic (exact) mass is 479 g/mol. The van der Waals surface area contributed by atoms with E-state index in [4.69, 9.17) is 9.47 Å². The molecule has 0 aromatic heterocycles. The van der Waals surface area contributed by atoms with E-state index >= 15 is 0 Å². The average molecular weight is 480 g/mol. The Kier molecular flexibility index (Phi) is 11.0. The number of urea groups is 1. The molecule has 0 saturated carbocycles. The first-order valence-electron chi connectivity index (χ1n) is 12.9. The highest BCUT2D eigenvalue weighted by molar-refractivity contribution is 5.91. The summed E-state index contributed by atoms with van der Waals surface area (Å²) in [5.74, 6) is 1.27. The molecule has 35 heavy (non-hydrogen) atoms. The second kappa shape index (κ2) is 14.4. The van der Waals surface area contributed by atoms with Crippen LogP contribution in [-0.2, 0) is 0 Å². The Hall–Kier alpha value is -2.99. The van der Waals surface area contributed by atoms with Gasteiger partial charge in [-0.3, -0.25) is 0 Å². The highest BCUT2D eigenvalue weighted by Gasteiger charge is 2.20. The Bertz CT molecular complexity index is 939. The molecule has 0 aliphatic carbocycles. The van der Waals surface area contributed by atoms with Gasteiger partial charge in [0.1, 0.15) is 11.5 Å². The van der Waals surface area contributed by atoms with Crippen molar-refractivity contribution in [1.82, 2.24) is 9.80 Å². The van der Waals surface area contributed by atoms with Gasteiger partial charge >= 0.3 is 6.03 Å². The van der Waals surface area contributed by atoms with E-state index < -0.39 is 0 Å². The number of carbonyl (C=O) groups is 1. The summed E-state index contributed by atoms with van der Waals surface area (Å²) in [6.07, 6.45) is 9.21. The maximum absolute atomic E-state index is 13.5. The Morgan fingerprint density at radius 2 is 1.83 bits per heavy atom. The van der Waals surface area contributed by atoms with Gasteiger partial charge in [0, 0.05) is 25.7 Å². The third kappa shape index (κ3) is 8.62. The van der Waals surface area contributed by atoms with E-state index in [0.29, 0.717) is 30.3 Å². The van der Waals surface area contributed by atoms with Crippen LogP contribution < -0.4 is 14.8 Å². The van der Waals surface area contributed by atoms with E-state index in [-0.39, 0.29) is 6.03 Å². The molecule has 1 aliphatic heterocycles. The number of hydrogen-bond donors (Lipinski definition) is 1. The molecule has 1 saturated heterocycles. The highest BCUT2D eigenvalue weighted by Crippen LogP contribution is 2.29. The second-order valence-electron chi connectivity index (χ2n) is 9.14. The van der Waals surface area contributed by atoms with Crippen LogP contribution in [-0.4, -0.2) is 62.8 Å². The third-order valence-corrected chi connectivity index (χ3v) is 6.49. The molecule has 0 atom stereocenters. The fraction of sp³-hybridized carbons (Fsp3) is 0.483. The lowest BCUT2D eigenvalue weighted by Crippen LogP contribution is -2.41. The molecule has 1 heterocycles. The Balaban J connectivity index is 1.79. The molecule has 2 aromatic carbocycles. The van der Waals surface area contributed by atoms with Crippen molar-refractivity contribution in [3.8, 4) is 11.5 Å². The van der Waals surface area contributed by atoms with Crippen molar-refractivity contribution in [1.29, 1.82) is 0 Å². The van der Waals surface area contributed by atoms with Crippen molar-refractivity contribution in [2.75, 3.05) is 52.3 Å². The van der Waals surface area contributed by atoms with Gasteiger partial charge in [0.25, 0.3) is 0 Å². The van der Waals surface area contributed by atoms with Crippen LogP contribution in [0.2, 0.25) is 0 Å². The Morgan fingerprint density at radius 3 is 2.51 bits per heavy atom. The van der Waals surface area contributed by atoms with Crippen molar-refractivity contribution in [3.63, 3.8) is 0 Å². The van der Waals surface area contributed by atoms with Gasteiger partial charge in [-0.15, -0.1) is 0 Å². The van der Waals surface area contributed by atoms with Gasteiger partial charge in [0.05, 0.1) is 19.9 Å². The fourth-order valence-electron chi connectivity index (χ4n) is 4.45. The summed E-state index contributed by atoms with van der Waals surface area (Å²) in [5.41, 5.74) is 3.10. The van der Waals surface area contributed by atoms with Gasteiger partial charge < -0.3 is 24.6 Å². The van der Waals surface area contributed by atoms with Crippen molar-refractivity contribution in [2.24, 2.45) is 0 Å². The number of amides is 2. The molecule has 6 heteroatoms. The predicted molar refractivity (Wildman–Crippen MR) is 144 cm³/mol. The van der Waals surface area contributed by atoms with Crippen LogP contribution in [0.5, 0.6) is 11.5 Å². The van der Waals surface area contributed by atoms with E-state index in [1.54, 1.807) is 20.3 Å². The molecule has 0 unspecified atom stereocenters. The van der Waals surface area contributed by atoms with Crippen LogP contribution in [0.1, 0.15) is 51.0 Å². The summed E-state index contributed by atoms with van der Waals surface area (Å²) >= 11 is 0. The first kappa shape index (κ1) is 26.6. The molecule has 1 aliphatic rings. The van der Waals surface area contributed by atoms with Crippen LogP contribution >= 0.6 is 0 Å². The number of nitrogens with zero attached hydrogens (tertiary/aromatic N) is 2. The van der Waals surface area contributed by atoms with Crippen LogP contribution in [0.15, 0.2) is 54.1 Å². The molecule has 1 fully saturated rings. The summed E-state index contributed by atoms with van der Waals surface area (Å²) < 4.78 is 10.8. The van der Waals surface area contributed by atoms with Crippen LogP contribution in [0.3, 0.4) is 0 Å². The molecule has 1 N–H and O–H groups in total. The number of hydrogen-bond acceptors (Lipinski definition) is 4. The summed E-state index contributed by atoms with van der Waals surface area (Å²) in [7, 11) is 3.22. The average Bonchev–Trinajstić information content (AvgIpc) is 3.41. The van der Waals surface area contributed by atoms with Gasteiger partial charge in [-0.2, -0.15) is 0 Å². The Morgan fingerprint density at radius 1 is 1.06 bits per heavy atom. The van der Waals surface area contributed by atoms with Crippen LogP contribution in [0.4, 0.5) is 10.5 Å². The fourth-order valence-corrected chi connectivity index (χ4v) is 4.45. The van der Waals surface area contributed by atoms with E-state index in [9.17, 15) is 4.79 Å². The van der Waals surface area contributed by atoms with E-state index in [0.717, 1.165) is 32.5 Å². The number of rotatable bonds is 13. The number of anilines is 1. The van der Waals surface area contributed by atoms with Gasteiger partial charge in [0.15, 0.2) is 0 Å². The first-order chi connectivity index (χ1) is 17.1. The molecule has 0 spiro atoms. The molecule has 3 rings (SSSR count). The summed E-state index contributed by atoms with van der Waals surface area (Å²) in [6, 6.07) is 15.7. The van der Waals surface area contributed by atoms with Crippen molar-refractivity contribution >= 4 is 17.8 Å². The first-order valence-corrected chi connectivity index (χ1v) is 12.9. The summed E-state index contributed by atoms with van der Waals surface area (Å²) in [5, 5.41) is 3.09. The second-order valence-corrected chi connectivity index (χ2v) is 9.14. The van der Waals surface area contributed by atoms with Crippen molar-refractivity contribution < 1.29 is 14.3 Å². The number of carbonyl (C=O) groups excluding carboxylic acids is 1.